The molecule has 0 unspecified atom stereocenters. The van der Waals surface area contributed by atoms with Crippen molar-refractivity contribution in [2.75, 3.05) is 18.5 Å². The van der Waals surface area contributed by atoms with Gasteiger partial charge in [0.1, 0.15) is 24.1 Å². The summed E-state index contributed by atoms with van der Waals surface area (Å²) >= 11 is 0. The number of nitrogens with one attached hydrogen (secondary N) is 1. The van der Waals surface area contributed by atoms with Gasteiger partial charge in [0.15, 0.2) is 6.23 Å². The highest BCUT2D eigenvalue weighted by Crippen LogP contribution is 2.27. The van der Waals surface area contributed by atoms with Crippen molar-refractivity contribution in [1.82, 2.24) is 9.55 Å². The lowest BCUT2D eigenvalue weighted by Gasteiger charge is -2.17. The predicted octanol–water partition coefficient (Wildman–Crippen LogP) is -2.10. The van der Waals surface area contributed by atoms with Gasteiger partial charge in [0.25, 0.3) is 0 Å². The molecule has 0 saturated carbocycles. The molecule has 1 aromatic rings. The Labute approximate surface area is 114 Å². The van der Waals surface area contributed by atoms with Gasteiger partial charge < -0.3 is 25.4 Å². The SMILES string of the molecule is C#CCNc1ccn([C@@H]2O[C@H](CO)[C@@H](O)[C@H]2O)c(=O)n1. The number of ether oxygens (including phenoxy) is 1. The van der Waals surface area contributed by atoms with Crippen molar-refractivity contribution in [3.05, 3.63) is 22.7 Å². The van der Waals surface area contributed by atoms with Crippen molar-refractivity contribution in [2.45, 2.75) is 24.5 Å². The minimum atomic E-state index is -1.32. The fraction of sp³-hybridized carbons (Fsp3) is 0.500. The minimum absolute atomic E-state index is 0.226. The first kappa shape index (κ1) is 14.5. The molecule has 1 aromatic heterocycles. The Hall–Kier alpha value is -1.92. The number of terminal acetylenes is 1. The third-order valence-corrected chi connectivity index (χ3v) is 2.99. The maximum absolute atomic E-state index is 11.9. The van der Waals surface area contributed by atoms with E-state index < -0.39 is 36.8 Å². The number of aliphatic hydroxyl groups is 3. The number of hydrogen-bond donors (Lipinski definition) is 4. The van der Waals surface area contributed by atoms with Crippen LogP contribution in [0, 0.1) is 12.3 Å². The normalized spacial score (nSPS) is 29.1. The third-order valence-electron chi connectivity index (χ3n) is 2.99. The lowest BCUT2D eigenvalue weighted by Crippen LogP contribution is -2.36. The van der Waals surface area contributed by atoms with Crippen molar-refractivity contribution in [1.29, 1.82) is 0 Å². The first-order valence-electron chi connectivity index (χ1n) is 5.97. The molecule has 0 radical (unpaired) electrons. The fourth-order valence-electron chi connectivity index (χ4n) is 1.96. The second kappa shape index (κ2) is 6.02. The topological polar surface area (TPSA) is 117 Å². The molecule has 1 fully saturated rings. The van der Waals surface area contributed by atoms with Crippen LogP contribution in [0.15, 0.2) is 17.1 Å². The molecule has 2 heterocycles. The van der Waals surface area contributed by atoms with E-state index in [4.69, 9.17) is 16.3 Å². The Morgan fingerprint density at radius 3 is 2.80 bits per heavy atom. The van der Waals surface area contributed by atoms with Crippen molar-refractivity contribution in [3.63, 3.8) is 0 Å². The Kier molecular flexibility index (Phi) is 4.36. The highest BCUT2D eigenvalue weighted by atomic mass is 16.6. The van der Waals surface area contributed by atoms with Crippen LogP contribution in [0.4, 0.5) is 5.82 Å². The van der Waals surface area contributed by atoms with E-state index in [1.807, 2.05) is 0 Å². The average molecular weight is 281 g/mol. The molecule has 1 saturated heterocycles. The molecule has 4 N–H and O–H groups in total. The molecule has 0 spiro atoms. The van der Waals surface area contributed by atoms with E-state index >= 15 is 0 Å². The summed E-state index contributed by atoms with van der Waals surface area (Å²) in [5.41, 5.74) is -0.665. The van der Waals surface area contributed by atoms with Gasteiger partial charge in [0.05, 0.1) is 13.2 Å². The van der Waals surface area contributed by atoms with Crippen LogP contribution in [0.25, 0.3) is 0 Å². The van der Waals surface area contributed by atoms with Gasteiger partial charge in [0.2, 0.25) is 0 Å². The van der Waals surface area contributed by atoms with E-state index in [0.29, 0.717) is 5.82 Å². The molecular weight excluding hydrogens is 266 g/mol. The second-order valence-corrected chi connectivity index (χ2v) is 4.29. The summed E-state index contributed by atoms with van der Waals surface area (Å²) in [5.74, 6) is 2.65. The smallest absolute Gasteiger partial charge is 0.351 e. The van der Waals surface area contributed by atoms with Crippen LogP contribution in [0.5, 0.6) is 0 Å². The van der Waals surface area contributed by atoms with Gasteiger partial charge in [-0.1, -0.05) is 5.92 Å². The quantitative estimate of drug-likeness (QED) is 0.467. The summed E-state index contributed by atoms with van der Waals surface area (Å²) in [6.07, 6.45) is 1.82. The van der Waals surface area contributed by atoms with E-state index in [0.717, 1.165) is 4.57 Å². The largest absolute Gasteiger partial charge is 0.394 e. The van der Waals surface area contributed by atoms with Gasteiger partial charge in [-0.05, 0) is 6.07 Å². The second-order valence-electron chi connectivity index (χ2n) is 4.29. The molecule has 0 bridgehead atoms. The molecule has 4 atom stereocenters. The van der Waals surface area contributed by atoms with Crippen molar-refractivity contribution in [3.8, 4) is 12.3 Å². The number of aliphatic hydroxyl groups excluding tert-OH is 3. The minimum Gasteiger partial charge on any atom is -0.394 e. The Balaban J connectivity index is 2.22. The zero-order valence-electron chi connectivity index (χ0n) is 10.5. The average Bonchev–Trinajstić information content (AvgIpc) is 2.73. The maximum Gasteiger partial charge on any atom is 0.351 e. The summed E-state index contributed by atoms with van der Waals surface area (Å²) in [5, 5.41) is 31.2. The summed E-state index contributed by atoms with van der Waals surface area (Å²) in [6.45, 7) is -0.233. The molecule has 2 rings (SSSR count). The number of anilines is 1. The Morgan fingerprint density at radius 2 is 2.25 bits per heavy atom. The molecule has 8 nitrogen and oxygen atoms in total. The fourth-order valence-corrected chi connectivity index (χ4v) is 1.96. The summed E-state index contributed by atoms with van der Waals surface area (Å²) in [6, 6.07) is 1.49. The first-order chi connectivity index (χ1) is 9.58. The molecule has 1 aliphatic heterocycles. The van der Waals surface area contributed by atoms with E-state index in [2.05, 4.69) is 16.2 Å². The maximum atomic E-state index is 11.9. The van der Waals surface area contributed by atoms with Gasteiger partial charge in [-0.2, -0.15) is 4.98 Å². The molecule has 108 valence electrons. The summed E-state index contributed by atoms with van der Waals surface area (Å²) in [4.78, 5) is 15.6. The van der Waals surface area contributed by atoms with Gasteiger partial charge >= 0.3 is 5.69 Å². The zero-order chi connectivity index (χ0) is 14.7. The van der Waals surface area contributed by atoms with Crippen LogP contribution in [0.1, 0.15) is 6.23 Å². The van der Waals surface area contributed by atoms with Crippen molar-refractivity contribution in [2.24, 2.45) is 0 Å². The molecule has 0 aliphatic carbocycles. The zero-order valence-corrected chi connectivity index (χ0v) is 10.5. The lowest BCUT2D eigenvalue weighted by molar-refractivity contribution is -0.0549. The molecule has 0 amide bonds. The Bertz CT molecular complexity index is 567. The Morgan fingerprint density at radius 1 is 1.50 bits per heavy atom. The number of rotatable bonds is 4. The van der Waals surface area contributed by atoms with E-state index in [-0.39, 0.29) is 6.54 Å². The molecule has 8 heteroatoms. The molecule has 20 heavy (non-hydrogen) atoms. The van der Waals surface area contributed by atoms with Crippen molar-refractivity contribution < 1.29 is 20.1 Å². The van der Waals surface area contributed by atoms with Crippen molar-refractivity contribution >= 4 is 5.82 Å². The highest BCUT2D eigenvalue weighted by molar-refractivity contribution is 5.33. The predicted molar refractivity (Wildman–Crippen MR) is 68.8 cm³/mol. The summed E-state index contributed by atoms with van der Waals surface area (Å²) < 4.78 is 6.29. The van der Waals surface area contributed by atoms with Gasteiger partial charge in [0, 0.05) is 6.20 Å². The summed E-state index contributed by atoms with van der Waals surface area (Å²) in [7, 11) is 0. The van der Waals surface area contributed by atoms with Gasteiger partial charge in [-0.3, -0.25) is 4.57 Å². The first-order valence-corrected chi connectivity index (χ1v) is 5.97. The lowest BCUT2D eigenvalue weighted by atomic mass is 10.1. The number of aromatic nitrogens is 2. The van der Waals surface area contributed by atoms with E-state index in [9.17, 15) is 15.0 Å². The molecule has 1 aliphatic rings. The van der Waals surface area contributed by atoms with Crippen LogP contribution in [0.2, 0.25) is 0 Å². The van der Waals surface area contributed by atoms with Crippen LogP contribution in [-0.2, 0) is 4.74 Å². The van der Waals surface area contributed by atoms with Crippen LogP contribution >= 0.6 is 0 Å². The van der Waals surface area contributed by atoms with Gasteiger partial charge in [-0.15, -0.1) is 6.42 Å². The van der Waals surface area contributed by atoms with E-state index in [1.165, 1.54) is 12.3 Å². The number of hydrogen-bond acceptors (Lipinski definition) is 7. The van der Waals surface area contributed by atoms with Crippen LogP contribution in [-0.4, -0.2) is 56.3 Å². The third kappa shape index (κ3) is 2.66. The number of nitrogens with zero attached hydrogens (tertiary/aromatic N) is 2. The van der Waals surface area contributed by atoms with E-state index in [1.54, 1.807) is 0 Å². The standard InChI is InChI=1S/C12H15N3O5/c1-2-4-13-8-3-5-15(12(19)14-8)11-10(18)9(17)7(6-16)20-11/h1,3,5,7,9-11,16-18H,4,6H2,(H,13,14,19)/t7-,9-,10-,11-/m1/s1. The highest BCUT2D eigenvalue weighted by Gasteiger charge is 2.43. The molecular formula is C12H15N3O5. The van der Waals surface area contributed by atoms with Crippen LogP contribution in [0.3, 0.4) is 0 Å². The molecule has 0 aromatic carbocycles. The monoisotopic (exact) mass is 281 g/mol. The van der Waals surface area contributed by atoms with Gasteiger partial charge in [-0.25, -0.2) is 4.79 Å². The van der Waals surface area contributed by atoms with Crippen LogP contribution < -0.4 is 11.0 Å².